The molecule has 3 atom stereocenters. The summed E-state index contributed by atoms with van der Waals surface area (Å²) in [7, 11) is 0. The van der Waals surface area contributed by atoms with E-state index >= 15 is 0 Å². The maximum Gasteiger partial charge on any atom is 0.243 e. The molecule has 1 saturated carbocycles. The summed E-state index contributed by atoms with van der Waals surface area (Å²) < 4.78 is 0. The van der Waals surface area contributed by atoms with Crippen LogP contribution in [0.25, 0.3) is 0 Å². The molecule has 0 aromatic carbocycles. The van der Waals surface area contributed by atoms with Crippen molar-refractivity contribution in [1.29, 1.82) is 0 Å². The second-order valence-corrected chi connectivity index (χ2v) is 5.66. The molecule has 5 nitrogen and oxygen atoms in total. The third-order valence-electron chi connectivity index (χ3n) is 4.47. The van der Waals surface area contributed by atoms with E-state index in [9.17, 15) is 9.59 Å². The minimum absolute atomic E-state index is 0.00287. The van der Waals surface area contributed by atoms with Crippen molar-refractivity contribution in [3.63, 3.8) is 0 Å². The first kappa shape index (κ1) is 14.3. The number of nitrogens with two attached hydrogens (primary N) is 1. The predicted octanol–water partition coefficient (Wildman–Crippen LogP) is 0.631. The molecule has 3 unspecified atom stereocenters. The number of carbonyl (C=O) groups excluding carboxylic acids is 2. The monoisotopic (exact) mass is 267 g/mol. The summed E-state index contributed by atoms with van der Waals surface area (Å²) in [6, 6.07) is -0.0988. The largest absolute Gasteiger partial charge is 0.351 e. The van der Waals surface area contributed by atoms with Gasteiger partial charge in [0.1, 0.15) is 6.04 Å². The highest BCUT2D eigenvalue weighted by Gasteiger charge is 2.34. The van der Waals surface area contributed by atoms with Gasteiger partial charge in [-0.25, -0.2) is 0 Å². The summed E-state index contributed by atoms with van der Waals surface area (Å²) in [5.41, 5.74) is 5.74. The van der Waals surface area contributed by atoms with Gasteiger partial charge >= 0.3 is 0 Å². The minimum atomic E-state index is -0.297. The topological polar surface area (TPSA) is 75.4 Å². The fraction of sp³-hybridized carbons (Fsp3) is 0.857. The number of carbonyl (C=O) groups is 2. The molecule has 0 radical (unpaired) electrons. The van der Waals surface area contributed by atoms with Crippen molar-refractivity contribution in [2.45, 2.75) is 57.5 Å². The number of likely N-dealkylation sites (tertiary alicyclic amines) is 1. The van der Waals surface area contributed by atoms with E-state index in [0.717, 1.165) is 32.2 Å². The van der Waals surface area contributed by atoms with Crippen molar-refractivity contribution in [2.75, 3.05) is 13.1 Å². The van der Waals surface area contributed by atoms with Crippen LogP contribution in [-0.4, -0.2) is 41.9 Å². The molecular formula is C14H25N3O2. The zero-order valence-corrected chi connectivity index (χ0v) is 11.7. The average molecular weight is 267 g/mol. The van der Waals surface area contributed by atoms with Crippen molar-refractivity contribution in [3.8, 4) is 0 Å². The van der Waals surface area contributed by atoms with Gasteiger partial charge in [0.15, 0.2) is 0 Å². The van der Waals surface area contributed by atoms with E-state index < -0.39 is 0 Å². The fourth-order valence-electron chi connectivity index (χ4n) is 3.33. The molecule has 3 N–H and O–H groups in total. The molecule has 0 spiro atoms. The highest BCUT2D eigenvalue weighted by Crippen LogP contribution is 2.25. The number of nitrogens with zero attached hydrogens (tertiary/aromatic N) is 1. The predicted molar refractivity (Wildman–Crippen MR) is 73.4 cm³/mol. The van der Waals surface area contributed by atoms with Crippen LogP contribution in [-0.2, 0) is 9.59 Å². The molecule has 5 heteroatoms. The van der Waals surface area contributed by atoms with E-state index in [-0.39, 0.29) is 23.9 Å². The molecule has 1 saturated heterocycles. The lowest BCUT2D eigenvalue weighted by Crippen LogP contribution is -2.51. The van der Waals surface area contributed by atoms with Gasteiger partial charge in [-0.3, -0.25) is 9.59 Å². The maximum absolute atomic E-state index is 12.4. The normalized spacial score (nSPS) is 28.7. The summed E-state index contributed by atoms with van der Waals surface area (Å²) in [5, 5.41) is 3.12. The van der Waals surface area contributed by atoms with Crippen molar-refractivity contribution < 1.29 is 9.59 Å². The molecule has 0 aromatic heterocycles. The molecule has 2 fully saturated rings. The average Bonchev–Trinajstić information content (AvgIpc) is 3.00. The van der Waals surface area contributed by atoms with Gasteiger partial charge in [-0.2, -0.15) is 0 Å². The van der Waals surface area contributed by atoms with E-state index in [2.05, 4.69) is 5.32 Å². The van der Waals surface area contributed by atoms with E-state index in [4.69, 9.17) is 5.73 Å². The Morgan fingerprint density at radius 2 is 2.26 bits per heavy atom. The lowest BCUT2D eigenvalue weighted by Gasteiger charge is -2.28. The molecule has 2 rings (SSSR count). The summed E-state index contributed by atoms with van der Waals surface area (Å²) in [6.07, 6.45) is 5.37. The molecule has 0 bridgehead atoms. The van der Waals surface area contributed by atoms with Crippen LogP contribution in [0.2, 0.25) is 0 Å². The SMILES string of the molecule is CCC(C(=O)NC1CCCC1CN)N1CCCC1=O. The summed E-state index contributed by atoms with van der Waals surface area (Å²) in [4.78, 5) is 25.9. The van der Waals surface area contributed by atoms with Gasteiger partial charge in [0.25, 0.3) is 0 Å². The van der Waals surface area contributed by atoms with Gasteiger partial charge in [0.05, 0.1) is 0 Å². The zero-order chi connectivity index (χ0) is 13.8. The Morgan fingerprint density at radius 1 is 1.47 bits per heavy atom. The van der Waals surface area contributed by atoms with Crippen LogP contribution in [0.15, 0.2) is 0 Å². The first-order valence-corrected chi connectivity index (χ1v) is 7.47. The third kappa shape index (κ3) is 3.08. The molecule has 1 aliphatic heterocycles. The van der Waals surface area contributed by atoms with Gasteiger partial charge in [-0.05, 0) is 38.1 Å². The van der Waals surface area contributed by atoms with Crippen molar-refractivity contribution >= 4 is 11.8 Å². The van der Waals surface area contributed by atoms with E-state index in [1.807, 2.05) is 6.92 Å². The smallest absolute Gasteiger partial charge is 0.243 e. The van der Waals surface area contributed by atoms with E-state index in [1.165, 1.54) is 0 Å². The minimum Gasteiger partial charge on any atom is -0.351 e. The van der Waals surface area contributed by atoms with Gasteiger partial charge in [-0.1, -0.05) is 13.3 Å². The molecule has 19 heavy (non-hydrogen) atoms. The van der Waals surface area contributed by atoms with Crippen molar-refractivity contribution in [2.24, 2.45) is 11.7 Å². The molecule has 0 aromatic rings. The molecular weight excluding hydrogens is 242 g/mol. The highest BCUT2D eigenvalue weighted by atomic mass is 16.2. The second kappa shape index (κ2) is 6.37. The second-order valence-electron chi connectivity index (χ2n) is 5.66. The molecule has 108 valence electrons. The maximum atomic E-state index is 12.4. The number of hydrogen-bond donors (Lipinski definition) is 2. The summed E-state index contributed by atoms with van der Waals surface area (Å²) in [5.74, 6) is 0.516. The van der Waals surface area contributed by atoms with Gasteiger partial charge in [-0.15, -0.1) is 0 Å². The highest BCUT2D eigenvalue weighted by molar-refractivity contribution is 5.88. The molecule has 1 aliphatic carbocycles. The number of hydrogen-bond acceptors (Lipinski definition) is 3. The first-order chi connectivity index (χ1) is 9.17. The Labute approximate surface area is 114 Å². The van der Waals surface area contributed by atoms with Crippen LogP contribution >= 0.6 is 0 Å². The van der Waals surface area contributed by atoms with Gasteiger partial charge < -0.3 is 16.0 Å². The van der Waals surface area contributed by atoms with Crippen LogP contribution in [0.4, 0.5) is 0 Å². The summed E-state index contributed by atoms with van der Waals surface area (Å²) >= 11 is 0. The lowest BCUT2D eigenvalue weighted by molar-refractivity contribution is -0.138. The van der Waals surface area contributed by atoms with Gasteiger partial charge in [0, 0.05) is 19.0 Å². The Morgan fingerprint density at radius 3 is 2.84 bits per heavy atom. The zero-order valence-electron chi connectivity index (χ0n) is 11.7. The van der Waals surface area contributed by atoms with Gasteiger partial charge in [0.2, 0.25) is 11.8 Å². The van der Waals surface area contributed by atoms with Crippen LogP contribution in [0.1, 0.15) is 45.4 Å². The van der Waals surface area contributed by atoms with Crippen LogP contribution in [0, 0.1) is 5.92 Å². The Kier molecular flexibility index (Phi) is 4.80. The van der Waals surface area contributed by atoms with Crippen LogP contribution in [0.3, 0.4) is 0 Å². The standard InChI is InChI=1S/C14H25N3O2/c1-2-12(17-8-4-7-13(17)18)14(19)16-11-6-3-5-10(11)9-15/h10-12H,2-9,15H2,1H3,(H,16,19). The molecule has 2 amide bonds. The molecule has 2 aliphatic rings. The van der Waals surface area contributed by atoms with Crippen molar-refractivity contribution in [1.82, 2.24) is 10.2 Å². The Balaban J connectivity index is 1.95. The Bertz CT molecular complexity index is 346. The van der Waals surface area contributed by atoms with Crippen LogP contribution in [0.5, 0.6) is 0 Å². The fourth-order valence-corrected chi connectivity index (χ4v) is 3.33. The van der Waals surface area contributed by atoms with Crippen molar-refractivity contribution in [3.05, 3.63) is 0 Å². The number of rotatable bonds is 5. The lowest BCUT2D eigenvalue weighted by atomic mass is 10.0. The first-order valence-electron chi connectivity index (χ1n) is 7.47. The quantitative estimate of drug-likeness (QED) is 0.767. The third-order valence-corrected chi connectivity index (χ3v) is 4.47. The number of nitrogens with one attached hydrogen (secondary N) is 1. The Hall–Kier alpha value is -1.10. The van der Waals surface area contributed by atoms with E-state index in [1.54, 1.807) is 4.90 Å². The summed E-state index contributed by atoms with van der Waals surface area (Å²) in [6.45, 7) is 3.31. The molecule has 1 heterocycles. The van der Waals surface area contributed by atoms with Crippen LogP contribution < -0.4 is 11.1 Å². The van der Waals surface area contributed by atoms with E-state index in [0.29, 0.717) is 25.3 Å². The number of amides is 2.